The standard InChI is InChI=1S/C24H34N4O3/c29-22-13-20-9-10-21(14-22)28(20)24(31)26-18-2-1-11-27(15-18)19-7-5-17(6-8-19)25-23(30)12-16-3-4-16/h5-8,16,18,20-22,29H,1-4,9-15H2,(H,25,30)(H,26,31)/t18-,20-,21+,22?/m0/s1. The van der Waals surface area contributed by atoms with Gasteiger partial charge in [-0.15, -0.1) is 0 Å². The number of carbonyl (C=O) groups is 2. The van der Waals surface area contributed by atoms with Crippen molar-refractivity contribution in [1.82, 2.24) is 10.2 Å². The number of aliphatic hydroxyl groups is 1. The molecular formula is C24H34N4O3. The quantitative estimate of drug-likeness (QED) is 0.676. The SMILES string of the molecule is O=C(CC1CC1)Nc1ccc(N2CCC[C@H](NC(=O)N3[C@@H]4CC[C@H]3CC(O)C4)C2)cc1. The van der Waals surface area contributed by atoms with E-state index in [1.807, 2.05) is 17.0 Å². The molecule has 3 heterocycles. The van der Waals surface area contributed by atoms with Gasteiger partial charge >= 0.3 is 6.03 Å². The number of amides is 3. The molecule has 5 rings (SSSR count). The van der Waals surface area contributed by atoms with Crippen LogP contribution in [0.2, 0.25) is 0 Å². The maximum absolute atomic E-state index is 13.0. The summed E-state index contributed by atoms with van der Waals surface area (Å²) in [7, 11) is 0. The summed E-state index contributed by atoms with van der Waals surface area (Å²) in [5.41, 5.74) is 1.97. The van der Waals surface area contributed by atoms with Crippen LogP contribution in [0.5, 0.6) is 0 Å². The number of hydrogen-bond acceptors (Lipinski definition) is 4. The second-order valence-electron chi connectivity index (χ2n) is 9.89. The number of carbonyl (C=O) groups excluding carboxylic acids is 2. The summed E-state index contributed by atoms with van der Waals surface area (Å²) in [6.07, 6.45) is 8.21. The number of nitrogens with one attached hydrogen (secondary N) is 2. The Morgan fingerprint density at radius 3 is 2.39 bits per heavy atom. The van der Waals surface area contributed by atoms with E-state index in [1.54, 1.807) is 0 Å². The molecule has 4 atom stereocenters. The lowest BCUT2D eigenvalue weighted by atomic mass is 10.00. The summed E-state index contributed by atoms with van der Waals surface area (Å²) < 4.78 is 0. The first-order valence-corrected chi connectivity index (χ1v) is 12.0. The third-order valence-electron chi connectivity index (χ3n) is 7.38. The smallest absolute Gasteiger partial charge is 0.318 e. The second kappa shape index (κ2) is 8.69. The molecule has 7 heteroatoms. The zero-order valence-electron chi connectivity index (χ0n) is 18.1. The Balaban J connectivity index is 1.15. The predicted octanol–water partition coefficient (Wildman–Crippen LogP) is 3.09. The Bertz CT molecular complexity index is 796. The van der Waals surface area contributed by atoms with Gasteiger partial charge in [-0.05, 0) is 81.5 Å². The Kier molecular flexibility index (Phi) is 5.78. The molecule has 3 aliphatic heterocycles. The largest absolute Gasteiger partial charge is 0.393 e. The molecule has 168 valence electrons. The fourth-order valence-corrected chi connectivity index (χ4v) is 5.61. The van der Waals surface area contributed by atoms with Gasteiger partial charge in [-0.2, -0.15) is 0 Å². The number of benzene rings is 1. The number of hydrogen-bond donors (Lipinski definition) is 3. The molecule has 31 heavy (non-hydrogen) atoms. The molecule has 4 fully saturated rings. The van der Waals surface area contributed by atoms with Crippen LogP contribution in [0.4, 0.5) is 16.2 Å². The fourth-order valence-electron chi connectivity index (χ4n) is 5.61. The average molecular weight is 427 g/mol. The number of fused-ring (bicyclic) bond motifs is 2. The fraction of sp³-hybridized carbons (Fsp3) is 0.667. The van der Waals surface area contributed by atoms with Crippen LogP contribution in [0.3, 0.4) is 0 Å². The van der Waals surface area contributed by atoms with Gasteiger partial charge in [0.15, 0.2) is 0 Å². The number of anilines is 2. The molecule has 3 N–H and O–H groups in total. The van der Waals surface area contributed by atoms with Crippen molar-refractivity contribution in [1.29, 1.82) is 0 Å². The third kappa shape index (κ3) is 4.81. The highest BCUT2D eigenvalue weighted by atomic mass is 16.3. The first-order valence-electron chi connectivity index (χ1n) is 12.0. The molecule has 1 aromatic rings. The number of rotatable bonds is 5. The van der Waals surface area contributed by atoms with Crippen LogP contribution < -0.4 is 15.5 Å². The van der Waals surface area contributed by atoms with E-state index in [9.17, 15) is 14.7 Å². The monoisotopic (exact) mass is 426 g/mol. The highest BCUT2D eigenvalue weighted by Crippen LogP contribution is 2.36. The lowest BCUT2D eigenvalue weighted by molar-refractivity contribution is -0.116. The van der Waals surface area contributed by atoms with Crippen molar-refractivity contribution in [3.05, 3.63) is 24.3 Å². The summed E-state index contributed by atoms with van der Waals surface area (Å²) in [5, 5.41) is 16.3. The molecule has 1 unspecified atom stereocenters. The minimum Gasteiger partial charge on any atom is -0.393 e. The zero-order chi connectivity index (χ0) is 21.4. The Morgan fingerprint density at radius 1 is 1.00 bits per heavy atom. The summed E-state index contributed by atoms with van der Waals surface area (Å²) in [4.78, 5) is 29.3. The van der Waals surface area contributed by atoms with E-state index in [1.165, 1.54) is 12.8 Å². The number of piperidine rings is 2. The van der Waals surface area contributed by atoms with Gasteiger partial charge in [-0.1, -0.05) is 0 Å². The van der Waals surface area contributed by atoms with E-state index in [4.69, 9.17) is 0 Å². The van der Waals surface area contributed by atoms with E-state index in [0.29, 0.717) is 25.2 Å². The van der Waals surface area contributed by atoms with Crippen molar-refractivity contribution >= 4 is 23.3 Å². The van der Waals surface area contributed by atoms with Crippen molar-refractivity contribution in [2.75, 3.05) is 23.3 Å². The second-order valence-corrected chi connectivity index (χ2v) is 9.89. The maximum atomic E-state index is 13.0. The molecular weight excluding hydrogens is 392 g/mol. The van der Waals surface area contributed by atoms with E-state index >= 15 is 0 Å². The van der Waals surface area contributed by atoms with Gasteiger partial charge < -0.3 is 25.5 Å². The Hall–Kier alpha value is -2.28. The molecule has 2 bridgehead atoms. The highest BCUT2D eigenvalue weighted by Gasteiger charge is 2.43. The van der Waals surface area contributed by atoms with Gasteiger partial charge in [0.1, 0.15) is 0 Å². The van der Waals surface area contributed by atoms with Crippen molar-refractivity contribution < 1.29 is 14.7 Å². The minimum atomic E-state index is -0.256. The number of urea groups is 1. The molecule has 0 radical (unpaired) electrons. The van der Waals surface area contributed by atoms with Gasteiger partial charge in [0.05, 0.1) is 6.10 Å². The molecule has 7 nitrogen and oxygen atoms in total. The first kappa shape index (κ1) is 20.6. The van der Waals surface area contributed by atoms with Crippen LogP contribution in [0, 0.1) is 5.92 Å². The van der Waals surface area contributed by atoms with Crippen molar-refractivity contribution in [3.63, 3.8) is 0 Å². The molecule has 1 aliphatic carbocycles. The lowest BCUT2D eigenvalue weighted by Gasteiger charge is -2.40. The highest BCUT2D eigenvalue weighted by molar-refractivity contribution is 5.91. The summed E-state index contributed by atoms with van der Waals surface area (Å²) in [6, 6.07) is 8.61. The Labute approximate surface area is 184 Å². The van der Waals surface area contributed by atoms with Crippen molar-refractivity contribution in [2.24, 2.45) is 5.92 Å². The van der Waals surface area contributed by atoms with Crippen LogP contribution in [0.25, 0.3) is 0 Å². The average Bonchev–Trinajstić information content (AvgIpc) is 3.51. The van der Waals surface area contributed by atoms with Crippen LogP contribution in [0.1, 0.15) is 57.8 Å². The summed E-state index contributed by atoms with van der Waals surface area (Å²) in [6.45, 7) is 1.77. The third-order valence-corrected chi connectivity index (χ3v) is 7.38. The maximum Gasteiger partial charge on any atom is 0.318 e. The van der Waals surface area contributed by atoms with Gasteiger partial charge in [-0.25, -0.2) is 4.79 Å². The van der Waals surface area contributed by atoms with E-state index in [0.717, 1.165) is 50.1 Å². The topological polar surface area (TPSA) is 84.9 Å². The molecule has 0 aromatic heterocycles. The van der Waals surface area contributed by atoms with Crippen LogP contribution >= 0.6 is 0 Å². The molecule has 4 aliphatic rings. The van der Waals surface area contributed by atoms with Gasteiger partial charge in [-0.3, -0.25) is 4.79 Å². The van der Waals surface area contributed by atoms with Gasteiger partial charge in [0.25, 0.3) is 0 Å². The molecule has 1 aromatic carbocycles. The van der Waals surface area contributed by atoms with Crippen molar-refractivity contribution in [3.8, 4) is 0 Å². The molecule has 3 amide bonds. The Morgan fingerprint density at radius 2 is 1.71 bits per heavy atom. The predicted molar refractivity (Wildman–Crippen MR) is 120 cm³/mol. The normalized spacial score (nSPS) is 30.2. The van der Waals surface area contributed by atoms with E-state index < -0.39 is 0 Å². The zero-order valence-corrected chi connectivity index (χ0v) is 18.1. The molecule has 3 saturated heterocycles. The van der Waals surface area contributed by atoms with Gasteiger partial charge in [0.2, 0.25) is 5.91 Å². The van der Waals surface area contributed by atoms with E-state index in [-0.39, 0.29) is 36.2 Å². The summed E-state index contributed by atoms with van der Waals surface area (Å²) >= 11 is 0. The first-order chi connectivity index (χ1) is 15.0. The van der Waals surface area contributed by atoms with Gasteiger partial charge in [0, 0.05) is 49.0 Å². The number of aliphatic hydroxyl groups excluding tert-OH is 1. The van der Waals surface area contributed by atoms with Crippen LogP contribution in [-0.2, 0) is 4.79 Å². The summed E-state index contributed by atoms with van der Waals surface area (Å²) in [5.74, 6) is 0.695. The van der Waals surface area contributed by atoms with Crippen molar-refractivity contribution in [2.45, 2.75) is 82.0 Å². The van der Waals surface area contributed by atoms with Crippen LogP contribution in [0.15, 0.2) is 24.3 Å². The minimum absolute atomic E-state index is 0.0416. The molecule has 0 spiro atoms. The number of nitrogens with zero attached hydrogens (tertiary/aromatic N) is 2. The lowest BCUT2D eigenvalue weighted by Crippen LogP contribution is -2.56. The molecule has 1 saturated carbocycles. The van der Waals surface area contributed by atoms with E-state index in [2.05, 4.69) is 27.7 Å². The van der Waals surface area contributed by atoms with Crippen LogP contribution in [-0.4, -0.2) is 59.3 Å².